The average molecular weight is 403 g/mol. The van der Waals surface area contributed by atoms with Crippen LogP contribution in [0.1, 0.15) is 31.9 Å². The molecule has 0 radical (unpaired) electrons. The van der Waals surface area contributed by atoms with Crippen molar-refractivity contribution in [2.24, 2.45) is 0 Å². The lowest BCUT2D eigenvalue weighted by Gasteiger charge is -2.29. The Hall–Kier alpha value is -2.53. The van der Waals surface area contributed by atoms with Gasteiger partial charge in [-0.3, -0.25) is 9.59 Å². The molecule has 0 fully saturated rings. The third-order valence-electron chi connectivity index (χ3n) is 4.25. The first-order valence-electron chi connectivity index (χ1n) is 9.30. The van der Waals surface area contributed by atoms with Gasteiger partial charge in [0, 0.05) is 17.6 Å². The molecule has 0 aliphatic carbocycles. The predicted octanol–water partition coefficient (Wildman–Crippen LogP) is 3.97. The summed E-state index contributed by atoms with van der Waals surface area (Å²) in [6, 6.07) is 14.1. The van der Waals surface area contributed by atoms with Crippen LogP contribution in [0.2, 0.25) is 5.02 Å². The van der Waals surface area contributed by atoms with Gasteiger partial charge in [0.05, 0.1) is 0 Å². The van der Waals surface area contributed by atoms with Crippen molar-refractivity contribution in [3.63, 3.8) is 0 Å². The van der Waals surface area contributed by atoms with Gasteiger partial charge in [0.2, 0.25) is 5.91 Å². The molecule has 2 amide bonds. The molecule has 0 saturated heterocycles. The molecule has 2 rings (SSSR count). The van der Waals surface area contributed by atoms with Gasteiger partial charge >= 0.3 is 0 Å². The van der Waals surface area contributed by atoms with Crippen molar-refractivity contribution in [3.8, 4) is 5.75 Å². The van der Waals surface area contributed by atoms with Gasteiger partial charge in [0.1, 0.15) is 11.8 Å². The van der Waals surface area contributed by atoms with Crippen molar-refractivity contribution >= 4 is 23.4 Å². The van der Waals surface area contributed by atoms with Crippen LogP contribution in [0.25, 0.3) is 0 Å². The van der Waals surface area contributed by atoms with E-state index in [1.54, 1.807) is 19.1 Å². The van der Waals surface area contributed by atoms with Crippen molar-refractivity contribution in [2.45, 2.75) is 46.3 Å². The Labute approximate surface area is 171 Å². The van der Waals surface area contributed by atoms with Crippen LogP contribution < -0.4 is 10.1 Å². The standard InChI is InChI=1S/C22H27ClN2O3/c1-15(2)24-22(27)17(4)25(13-18-7-9-19(23)10-8-18)21(26)14-28-20-11-5-16(3)6-12-20/h5-12,15,17H,13-14H2,1-4H3,(H,24,27)/t17-/m0/s1. The largest absolute Gasteiger partial charge is 0.484 e. The Morgan fingerprint density at radius 1 is 1.04 bits per heavy atom. The van der Waals surface area contributed by atoms with Crippen LogP contribution in [0.3, 0.4) is 0 Å². The number of nitrogens with one attached hydrogen (secondary N) is 1. The number of aryl methyl sites for hydroxylation is 1. The van der Waals surface area contributed by atoms with E-state index >= 15 is 0 Å². The first kappa shape index (κ1) is 21.8. The Kier molecular flexibility index (Phi) is 7.88. The first-order valence-corrected chi connectivity index (χ1v) is 9.68. The number of halogens is 1. The van der Waals surface area contributed by atoms with Crippen LogP contribution in [0.5, 0.6) is 5.75 Å². The van der Waals surface area contributed by atoms with Crippen molar-refractivity contribution in [3.05, 3.63) is 64.7 Å². The fourth-order valence-electron chi connectivity index (χ4n) is 2.64. The smallest absolute Gasteiger partial charge is 0.261 e. The molecule has 0 saturated carbocycles. The lowest BCUT2D eigenvalue weighted by molar-refractivity contribution is -0.142. The van der Waals surface area contributed by atoms with E-state index in [2.05, 4.69) is 5.32 Å². The van der Waals surface area contributed by atoms with Crippen LogP contribution in [0.4, 0.5) is 0 Å². The van der Waals surface area contributed by atoms with Crippen LogP contribution >= 0.6 is 11.6 Å². The maximum atomic E-state index is 12.9. The van der Waals surface area contributed by atoms with Gasteiger partial charge in [-0.15, -0.1) is 0 Å². The van der Waals surface area contributed by atoms with Crippen LogP contribution in [-0.2, 0) is 16.1 Å². The summed E-state index contributed by atoms with van der Waals surface area (Å²) in [6.45, 7) is 7.62. The molecule has 150 valence electrons. The molecule has 0 heterocycles. The third-order valence-corrected chi connectivity index (χ3v) is 4.50. The van der Waals surface area contributed by atoms with E-state index in [4.69, 9.17) is 16.3 Å². The van der Waals surface area contributed by atoms with Crippen molar-refractivity contribution in [2.75, 3.05) is 6.61 Å². The first-order chi connectivity index (χ1) is 13.3. The van der Waals surface area contributed by atoms with E-state index in [0.717, 1.165) is 11.1 Å². The maximum absolute atomic E-state index is 12.9. The van der Waals surface area contributed by atoms with Gasteiger partial charge in [0.15, 0.2) is 6.61 Å². The summed E-state index contributed by atoms with van der Waals surface area (Å²) in [6.07, 6.45) is 0. The van der Waals surface area contributed by atoms with E-state index in [9.17, 15) is 9.59 Å². The normalized spacial score (nSPS) is 11.8. The van der Waals surface area contributed by atoms with Crippen molar-refractivity contribution in [1.29, 1.82) is 0 Å². The Balaban J connectivity index is 2.12. The molecule has 0 aromatic heterocycles. The molecule has 1 atom stereocenters. The van der Waals surface area contributed by atoms with E-state index < -0.39 is 6.04 Å². The number of rotatable bonds is 8. The SMILES string of the molecule is Cc1ccc(OCC(=O)N(Cc2ccc(Cl)cc2)[C@@H](C)C(=O)NC(C)C)cc1. The number of hydrogen-bond donors (Lipinski definition) is 1. The number of benzene rings is 2. The summed E-state index contributed by atoms with van der Waals surface area (Å²) in [4.78, 5) is 26.9. The molecular weight excluding hydrogens is 376 g/mol. The molecular formula is C22H27ClN2O3. The number of amides is 2. The molecule has 0 spiro atoms. The number of carbonyl (C=O) groups excluding carboxylic acids is 2. The van der Waals surface area contributed by atoms with Gasteiger partial charge < -0.3 is 15.0 Å². The third kappa shape index (κ3) is 6.57. The minimum Gasteiger partial charge on any atom is -0.484 e. The number of ether oxygens (including phenoxy) is 1. The quantitative estimate of drug-likeness (QED) is 0.726. The van der Waals surface area contributed by atoms with Gasteiger partial charge in [0.25, 0.3) is 5.91 Å². The highest BCUT2D eigenvalue weighted by Gasteiger charge is 2.26. The fourth-order valence-corrected chi connectivity index (χ4v) is 2.76. The molecule has 6 heteroatoms. The predicted molar refractivity (Wildman–Crippen MR) is 111 cm³/mol. The lowest BCUT2D eigenvalue weighted by Crippen LogP contribution is -2.50. The van der Waals surface area contributed by atoms with Gasteiger partial charge in [-0.1, -0.05) is 41.4 Å². The number of hydrogen-bond acceptors (Lipinski definition) is 3. The monoisotopic (exact) mass is 402 g/mol. The molecule has 1 N–H and O–H groups in total. The molecule has 2 aromatic rings. The highest BCUT2D eigenvalue weighted by Crippen LogP contribution is 2.15. The molecule has 0 aliphatic rings. The molecule has 5 nitrogen and oxygen atoms in total. The highest BCUT2D eigenvalue weighted by atomic mass is 35.5. The van der Waals surface area contributed by atoms with Crippen LogP contribution in [-0.4, -0.2) is 35.4 Å². The molecule has 0 unspecified atom stereocenters. The van der Waals surface area contributed by atoms with E-state index in [1.807, 2.05) is 57.2 Å². The maximum Gasteiger partial charge on any atom is 0.261 e. The average Bonchev–Trinajstić information content (AvgIpc) is 2.65. The lowest BCUT2D eigenvalue weighted by atomic mass is 10.1. The zero-order chi connectivity index (χ0) is 20.7. The second kappa shape index (κ2) is 10.1. The number of nitrogens with zero attached hydrogens (tertiary/aromatic N) is 1. The Morgan fingerprint density at radius 3 is 2.21 bits per heavy atom. The topological polar surface area (TPSA) is 58.6 Å². The Morgan fingerprint density at radius 2 is 1.64 bits per heavy atom. The minimum atomic E-state index is -0.632. The minimum absolute atomic E-state index is 0.00811. The highest BCUT2D eigenvalue weighted by molar-refractivity contribution is 6.30. The summed E-state index contributed by atoms with van der Waals surface area (Å²) < 4.78 is 5.63. The number of carbonyl (C=O) groups is 2. The van der Waals surface area contributed by atoms with Crippen molar-refractivity contribution < 1.29 is 14.3 Å². The van der Waals surface area contributed by atoms with Crippen molar-refractivity contribution in [1.82, 2.24) is 10.2 Å². The van der Waals surface area contributed by atoms with E-state index in [-0.39, 0.29) is 24.5 Å². The van der Waals surface area contributed by atoms with Gasteiger partial charge in [-0.25, -0.2) is 0 Å². The zero-order valence-corrected chi connectivity index (χ0v) is 17.5. The summed E-state index contributed by atoms with van der Waals surface area (Å²) in [5.41, 5.74) is 2.00. The fraction of sp³-hybridized carbons (Fsp3) is 0.364. The second-order valence-corrected chi connectivity index (χ2v) is 7.53. The summed E-state index contributed by atoms with van der Waals surface area (Å²) in [5.74, 6) is 0.152. The van der Waals surface area contributed by atoms with Crippen LogP contribution in [0.15, 0.2) is 48.5 Å². The zero-order valence-electron chi connectivity index (χ0n) is 16.7. The molecule has 2 aromatic carbocycles. The molecule has 0 aliphatic heterocycles. The van der Waals surface area contributed by atoms with E-state index in [0.29, 0.717) is 17.3 Å². The summed E-state index contributed by atoms with van der Waals surface area (Å²) in [7, 11) is 0. The second-order valence-electron chi connectivity index (χ2n) is 7.09. The summed E-state index contributed by atoms with van der Waals surface area (Å²) in [5, 5.41) is 3.48. The Bertz CT molecular complexity index is 788. The van der Waals surface area contributed by atoms with Gasteiger partial charge in [-0.2, -0.15) is 0 Å². The van der Waals surface area contributed by atoms with Crippen LogP contribution in [0, 0.1) is 6.92 Å². The van der Waals surface area contributed by atoms with E-state index in [1.165, 1.54) is 4.90 Å². The summed E-state index contributed by atoms with van der Waals surface area (Å²) >= 11 is 5.95. The van der Waals surface area contributed by atoms with Gasteiger partial charge in [-0.05, 0) is 57.5 Å². The molecule has 0 bridgehead atoms. The molecule has 28 heavy (non-hydrogen) atoms.